The number of rotatable bonds is 1. The number of aryl methyl sites for hydroxylation is 1. The third kappa shape index (κ3) is 2.13. The summed E-state index contributed by atoms with van der Waals surface area (Å²) in [5.74, 6) is 1.69. The largest absolute Gasteiger partial charge is 0.399 e. The molecular weight excluding hydrogens is 252 g/mol. The van der Waals surface area contributed by atoms with E-state index in [9.17, 15) is 4.79 Å². The number of carbonyl (C=O) groups is 1. The second-order valence-electron chi connectivity index (χ2n) is 5.56. The van der Waals surface area contributed by atoms with E-state index in [0.29, 0.717) is 5.92 Å². The van der Waals surface area contributed by atoms with E-state index in [1.165, 1.54) is 0 Å². The number of nitrogen functional groups attached to an aromatic ring is 1. The van der Waals surface area contributed by atoms with Gasteiger partial charge in [-0.2, -0.15) is 0 Å². The quantitative estimate of drug-likeness (QED) is 0.806. The zero-order valence-corrected chi connectivity index (χ0v) is 12.0. The van der Waals surface area contributed by atoms with Gasteiger partial charge in [0.2, 0.25) is 5.91 Å². The number of nitrogens with zero attached hydrogens (tertiary/aromatic N) is 3. The predicted octanol–water partition coefficient (Wildman–Crippen LogP) is 1.88. The maximum absolute atomic E-state index is 11.4. The van der Waals surface area contributed by atoms with Crippen molar-refractivity contribution in [2.75, 3.05) is 18.8 Å². The van der Waals surface area contributed by atoms with E-state index >= 15 is 0 Å². The standard InChI is InChI=1S/C15H20N4O/c1-10(20)19-7-5-11(6-8-19)15-17-13-9-12(16)3-4-14(13)18(15)2/h3-4,9,11H,5-8,16H2,1-2H3. The number of hydrogen-bond acceptors (Lipinski definition) is 3. The first-order valence-corrected chi connectivity index (χ1v) is 7.03. The van der Waals surface area contributed by atoms with E-state index < -0.39 is 0 Å². The Balaban J connectivity index is 1.88. The first-order chi connectivity index (χ1) is 9.56. The predicted molar refractivity (Wildman–Crippen MR) is 79.4 cm³/mol. The van der Waals surface area contributed by atoms with Crippen LogP contribution in [0.3, 0.4) is 0 Å². The molecule has 20 heavy (non-hydrogen) atoms. The fourth-order valence-electron chi connectivity index (χ4n) is 3.05. The monoisotopic (exact) mass is 272 g/mol. The minimum absolute atomic E-state index is 0.168. The summed E-state index contributed by atoms with van der Waals surface area (Å²) >= 11 is 0. The van der Waals surface area contributed by atoms with Crippen LogP contribution in [0.25, 0.3) is 11.0 Å². The number of benzene rings is 1. The van der Waals surface area contributed by atoms with Crippen molar-refractivity contribution >= 4 is 22.6 Å². The molecule has 106 valence electrons. The Kier molecular flexibility index (Phi) is 3.12. The van der Waals surface area contributed by atoms with Gasteiger partial charge in [0.15, 0.2) is 0 Å². The topological polar surface area (TPSA) is 64.2 Å². The summed E-state index contributed by atoms with van der Waals surface area (Å²) < 4.78 is 2.16. The van der Waals surface area contributed by atoms with E-state index in [1.54, 1.807) is 6.92 Å². The van der Waals surface area contributed by atoms with Crippen molar-refractivity contribution in [1.82, 2.24) is 14.5 Å². The zero-order chi connectivity index (χ0) is 14.3. The van der Waals surface area contributed by atoms with Crippen molar-refractivity contribution in [3.05, 3.63) is 24.0 Å². The van der Waals surface area contributed by atoms with E-state index in [0.717, 1.165) is 48.5 Å². The molecule has 1 aliphatic rings. The molecule has 3 rings (SSSR count). The van der Waals surface area contributed by atoms with Crippen molar-refractivity contribution < 1.29 is 4.79 Å². The van der Waals surface area contributed by atoms with Gasteiger partial charge < -0.3 is 15.2 Å². The lowest BCUT2D eigenvalue weighted by Gasteiger charge is -2.30. The normalized spacial score (nSPS) is 16.8. The highest BCUT2D eigenvalue weighted by Gasteiger charge is 2.25. The lowest BCUT2D eigenvalue weighted by Crippen LogP contribution is -2.36. The minimum atomic E-state index is 0.168. The lowest BCUT2D eigenvalue weighted by molar-refractivity contribution is -0.129. The lowest BCUT2D eigenvalue weighted by atomic mass is 9.96. The van der Waals surface area contributed by atoms with Gasteiger partial charge in [-0.3, -0.25) is 4.79 Å². The van der Waals surface area contributed by atoms with Crippen LogP contribution in [-0.4, -0.2) is 33.4 Å². The number of piperidine rings is 1. The molecule has 2 N–H and O–H groups in total. The average Bonchev–Trinajstić information content (AvgIpc) is 2.75. The maximum Gasteiger partial charge on any atom is 0.219 e. The van der Waals surface area contributed by atoms with E-state index in [-0.39, 0.29) is 5.91 Å². The van der Waals surface area contributed by atoms with Crippen LogP contribution in [-0.2, 0) is 11.8 Å². The highest BCUT2D eigenvalue weighted by molar-refractivity contribution is 5.79. The first kappa shape index (κ1) is 13.0. The number of aromatic nitrogens is 2. The molecule has 1 fully saturated rings. The molecule has 0 unspecified atom stereocenters. The molecule has 1 saturated heterocycles. The minimum Gasteiger partial charge on any atom is -0.399 e. The third-order valence-corrected chi connectivity index (χ3v) is 4.24. The Hall–Kier alpha value is -2.04. The Labute approximate surface area is 118 Å². The number of amides is 1. The summed E-state index contributed by atoms with van der Waals surface area (Å²) in [6.07, 6.45) is 1.96. The molecule has 2 aromatic rings. The number of likely N-dealkylation sites (tertiary alicyclic amines) is 1. The van der Waals surface area contributed by atoms with Gasteiger partial charge in [0, 0.05) is 38.7 Å². The molecule has 0 radical (unpaired) electrons. The van der Waals surface area contributed by atoms with Gasteiger partial charge in [-0.15, -0.1) is 0 Å². The van der Waals surface area contributed by atoms with Crippen LogP contribution in [0, 0.1) is 0 Å². The Morgan fingerprint density at radius 3 is 2.70 bits per heavy atom. The van der Waals surface area contributed by atoms with Crippen LogP contribution in [0.1, 0.15) is 31.5 Å². The van der Waals surface area contributed by atoms with Crippen LogP contribution < -0.4 is 5.73 Å². The van der Waals surface area contributed by atoms with Crippen molar-refractivity contribution in [3.8, 4) is 0 Å². The van der Waals surface area contributed by atoms with E-state index in [2.05, 4.69) is 11.6 Å². The Morgan fingerprint density at radius 2 is 2.05 bits per heavy atom. The summed E-state index contributed by atoms with van der Waals surface area (Å²) in [5, 5.41) is 0. The number of hydrogen-bond donors (Lipinski definition) is 1. The van der Waals surface area contributed by atoms with Crippen molar-refractivity contribution in [1.29, 1.82) is 0 Å². The summed E-state index contributed by atoms with van der Waals surface area (Å²) in [6, 6.07) is 5.85. The second-order valence-corrected chi connectivity index (χ2v) is 5.56. The molecule has 5 heteroatoms. The van der Waals surface area contributed by atoms with E-state index in [1.807, 2.05) is 23.1 Å². The smallest absolute Gasteiger partial charge is 0.219 e. The second kappa shape index (κ2) is 4.81. The van der Waals surface area contributed by atoms with Gasteiger partial charge >= 0.3 is 0 Å². The van der Waals surface area contributed by atoms with Gasteiger partial charge in [-0.05, 0) is 31.0 Å². The first-order valence-electron chi connectivity index (χ1n) is 7.03. The Bertz CT molecular complexity index is 653. The molecule has 0 bridgehead atoms. The Morgan fingerprint density at radius 1 is 1.35 bits per heavy atom. The molecule has 1 amide bonds. The summed E-state index contributed by atoms with van der Waals surface area (Å²) in [6.45, 7) is 3.29. The molecule has 1 aromatic heterocycles. The summed E-state index contributed by atoms with van der Waals surface area (Å²) in [4.78, 5) is 18.0. The highest BCUT2D eigenvalue weighted by atomic mass is 16.2. The molecule has 5 nitrogen and oxygen atoms in total. The maximum atomic E-state index is 11.4. The molecular formula is C15H20N4O. The number of fused-ring (bicyclic) bond motifs is 1. The number of imidazole rings is 1. The molecule has 2 heterocycles. The van der Waals surface area contributed by atoms with Crippen LogP contribution in [0.4, 0.5) is 5.69 Å². The van der Waals surface area contributed by atoms with Crippen molar-refractivity contribution in [2.45, 2.75) is 25.7 Å². The zero-order valence-electron chi connectivity index (χ0n) is 12.0. The SMILES string of the molecule is CC(=O)N1CCC(c2nc3cc(N)ccc3n2C)CC1. The average molecular weight is 272 g/mol. The molecule has 0 spiro atoms. The molecule has 1 aliphatic heterocycles. The van der Waals surface area contributed by atoms with Crippen LogP contribution in [0.2, 0.25) is 0 Å². The number of nitrogens with two attached hydrogens (primary N) is 1. The fraction of sp³-hybridized carbons (Fsp3) is 0.467. The number of anilines is 1. The molecule has 0 aliphatic carbocycles. The van der Waals surface area contributed by atoms with Crippen LogP contribution in [0.5, 0.6) is 0 Å². The summed E-state index contributed by atoms with van der Waals surface area (Å²) in [5.41, 5.74) is 8.63. The molecule has 0 atom stereocenters. The van der Waals surface area contributed by atoms with Crippen LogP contribution >= 0.6 is 0 Å². The molecule has 0 saturated carbocycles. The van der Waals surface area contributed by atoms with Gasteiger partial charge in [0.05, 0.1) is 11.0 Å². The fourth-order valence-corrected chi connectivity index (χ4v) is 3.05. The molecule has 1 aromatic carbocycles. The van der Waals surface area contributed by atoms with E-state index in [4.69, 9.17) is 10.7 Å². The summed E-state index contributed by atoms with van der Waals surface area (Å²) in [7, 11) is 2.05. The number of carbonyl (C=O) groups excluding carboxylic acids is 1. The van der Waals surface area contributed by atoms with Crippen molar-refractivity contribution in [2.24, 2.45) is 7.05 Å². The third-order valence-electron chi connectivity index (χ3n) is 4.24. The van der Waals surface area contributed by atoms with Crippen molar-refractivity contribution in [3.63, 3.8) is 0 Å². The van der Waals surface area contributed by atoms with Gasteiger partial charge in [-0.1, -0.05) is 0 Å². The van der Waals surface area contributed by atoms with Gasteiger partial charge in [-0.25, -0.2) is 4.98 Å². The van der Waals surface area contributed by atoms with Crippen LogP contribution in [0.15, 0.2) is 18.2 Å². The van der Waals surface area contributed by atoms with Gasteiger partial charge in [0.1, 0.15) is 5.82 Å². The van der Waals surface area contributed by atoms with Gasteiger partial charge in [0.25, 0.3) is 0 Å². The highest BCUT2D eigenvalue weighted by Crippen LogP contribution is 2.30.